The zero-order chi connectivity index (χ0) is 13.8. The molecule has 2 aromatic carbocycles. The minimum Gasteiger partial charge on any atom is -0.299 e. The van der Waals surface area contributed by atoms with Gasteiger partial charge in [0.15, 0.2) is 0 Å². The molecule has 0 N–H and O–H groups in total. The highest BCUT2D eigenvalue weighted by Crippen LogP contribution is 2.14. The molecule has 1 nitrogen and oxygen atoms in total. The molecule has 0 aromatic heterocycles. The molecule has 2 aromatic rings. The first-order chi connectivity index (χ1) is 9.04. The fraction of sp³-hybridized carbons (Fsp3) is 0.133. The van der Waals surface area contributed by atoms with E-state index in [0.717, 1.165) is 17.7 Å². The maximum atomic E-state index is 13.4. The third-order valence-corrected chi connectivity index (χ3v) is 2.93. The molecule has 0 fully saturated rings. The van der Waals surface area contributed by atoms with Crippen LogP contribution < -0.4 is 0 Å². The van der Waals surface area contributed by atoms with Crippen LogP contribution in [0.15, 0.2) is 42.5 Å². The highest BCUT2D eigenvalue weighted by molar-refractivity contribution is 6.30. The lowest BCUT2D eigenvalue weighted by Gasteiger charge is -2.04. The predicted octanol–water partition coefficient (Wildman–Crippen LogP) is 3.97. The molecule has 0 saturated carbocycles. The number of hydrogen-bond donors (Lipinski definition) is 0. The Morgan fingerprint density at radius 2 is 1.84 bits per heavy atom. The van der Waals surface area contributed by atoms with E-state index in [-0.39, 0.29) is 24.2 Å². The minimum atomic E-state index is -0.695. The van der Waals surface area contributed by atoms with E-state index in [1.165, 1.54) is 6.07 Å². The van der Waals surface area contributed by atoms with Crippen molar-refractivity contribution in [2.45, 2.75) is 12.8 Å². The van der Waals surface area contributed by atoms with Gasteiger partial charge in [0, 0.05) is 23.9 Å². The van der Waals surface area contributed by atoms with Gasteiger partial charge in [0.05, 0.1) is 0 Å². The summed E-state index contributed by atoms with van der Waals surface area (Å²) in [6.07, 6.45) is 0.121. The van der Waals surface area contributed by atoms with Crippen LogP contribution in [0, 0.1) is 11.6 Å². The van der Waals surface area contributed by atoms with E-state index < -0.39 is 11.6 Å². The molecule has 0 unspecified atom stereocenters. The van der Waals surface area contributed by atoms with Crippen LogP contribution in [0.4, 0.5) is 8.78 Å². The molecule has 0 aliphatic rings. The summed E-state index contributed by atoms with van der Waals surface area (Å²) in [5.74, 6) is -1.49. The molecular weight excluding hydrogens is 270 g/mol. The molecule has 98 valence electrons. The van der Waals surface area contributed by atoms with Crippen LogP contribution in [0.25, 0.3) is 0 Å². The Labute approximate surface area is 114 Å². The van der Waals surface area contributed by atoms with E-state index in [4.69, 9.17) is 11.6 Å². The number of carbonyl (C=O) groups is 1. The average molecular weight is 281 g/mol. The second kappa shape index (κ2) is 5.93. The Balaban J connectivity index is 2.05. The van der Waals surface area contributed by atoms with Crippen molar-refractivity contribution >= 4 is 17.4 Å². The summed E-state index contributed by atoms with van der Waals surface area (Å²) in [5, 5.41) is 0.554. The molecule has 0 aliphatic heterocycles. The zero-order valence-electron chi connectivity index (χ0n) is 10.00. The van der Waals surface area contributed by atoms with Crippen molar-refractivity contribution in [3.8, 4) is 0 Å². The summed E-state index contributed by atoms with van der Waals surface area (Å²) in [5.41, 5.74) is 0.980. The quantitative estimate of drug-likeness (QED) is 0.828. The summed E-state index contributed by atoms with van der Waals surface area (Å²) in [6, 6.07) is 10.2. The van der Waals surface area contributed by atoms with Crippen LogP contribution in [0.2, 0.25) is 5.02 Å². The molecular formula is C15H11ClF2O. The Hall–Kier alpha value is -1.74. The average Bonchev–Trinajstić information content (AvgIpc) is 2.33. The predicted molar refractivity (Wildman–Crippen MR) is 70.2 cm³/mol. The van der Waals surface area contributed by atoms with Crippen molar-refractivity contribution < 1.29 is 13.6 Å². The maximum absolute atomic E-state index is 13.4. The van der Waals surface area contributed by atoms with Gasteiger partial charge in [0.25, 0.3) is 0 Å². The third-order valence-electron chi connectivity index (χ3n) is 2.69. The van der Waals surface area contributed by atoms with Crippen LogP contribution in [0.3, 0.4) is 0 Å². The number of hydrogen-bond acceptors (Lipinski definition) is 1. The van der Waals surface area contributed by atoms with Crippen LogP contribution in [-0.4, -0.2) is 5.78 Å². The molecule has 0 aliphatic carbocycles. The van der Waals surface area contributed by atoms with Gasteiger partial charge in [-0.15, -0.1) is 0 Å². The molecule has 0 amide bonds. The van der Waals surface area contributed by atoms with Gasteiger partial charge >= 0.3 is 0 Å². The van der Waals surface area contributed by atoms with E-state index in [0.29, 0.717) is 5.02 Å². The van der Waals surface area contributed by atoms with Crippen LogP contribution in [0.1, 0.15) is 11.1 Å². The van der Waals surface area contributed by atoms with E-state index >= 15 is 0 Å². The van der Waals surface area contributed by atoms with E-state index in [1.54, 1.807) is 24.3 Å². The fourth-order valence-electron chi connectivity index (χ4n) is 1.81. The first-order valence-corrected chi connectivity index (χ1v) is 6.12. The first-order valence-electron chi connectivity index (χ1n) is 5.74. The Kier molecular flexibility index (Phi) is 4.27. The molecule has 4 heteroatoms. The standard InChI is InChI=1S/C15H11ClF2O/c16-12-3-1-2-10(6-12)7-14(19)8-11-4-5-13(17)9-15(11)18/h1-6,9H,7-8H2. The van der Waals surface area contributed by atoms with Crippen molar-refractivity contribution in [2.75, 3.05) is 0 Å². The zero-order valence-corrected chi connectivity index (χ0v) is 10.8. The number of benzene rings is 2. The third kappa shape index (κ3) is 3.86. The number of Topliss-reactive ketones (excluding diaryl/α,β-unsaturated/α-hetero) is 1. The molecule has 0 atom stereocenters. The Bertz CT molecular complexity index is 611. The lowest BCUT2D eigenvalue weighted by atomic mass is 10.0. The van der Waals surface area contributed by atoms with Gasteiger partial charge in [-0.05, 0) is 29.3 Å². The lowest BCUT2D eigenvalue weighted by molar-refractivity contribution is -0.117. The smallest absolute Gasteiger partial charge is 0.141 e. The van der Waals surface area contributed by atoms with Crippen molar-refractivity contribution in [3.05, 3.63) is 70.2 Å². The van der Waals surface area contributed by atoms with Gasteiger partial charge in [-0.2, -0.15) is 0 Å². The summed E-state index contributed by atoms with van der Waals surface area (Å²) in [4.78, 5) is 11.8. The van der Waals surface area contributed by atoms with Crippen LogP contribution >= 0.6 is 11.6 Å². The van der Waals surface area contributed by atoms with Crippen LogP contribution in [0.5, 0.6) is 0 Å². The molecule has 2 rings (SSSR count). The van der Waals surface area contributed by atoms with Gasteiger partial charge in [-0.1, -0.05) is 29.8 Å². The largest absolute Gasteiger partial charge is 0.299 e. The van der Waals surface area contributed by atoms with Gasteiger partial charge in [-0.25, -0.2) is 8.78 Å². The summed E-state index contributed by atoms with van der Waals surface area (Å²) in [6.45, 7) is 0. The second-order valence-corrected chi connectivity index (χ2v) is 4.69. The SMILES string of the molecule is O=C(Cc1cccc(Cl)c1)Cc1ccc(F)cc1F. The molecule has 19 heavy (non-hydrogen) atoms. The van der Waals surface area contributed by atoms with E-state index in [1.807, 2.05) is 0 Å². The van der Waals surface area contributed by atoms with Gasteiger partial charge < -0.3 is 0 Å². The summed E-state index contributed by atoms with van der Waals surface area (Å²) < 4.78 is 26.1. The van der Waals surface area contributed by atoms with E-state index in [9.17, 15) is 13.6 Å². The highest BCUT2D eigenvalue weighted by Gasteiger charge is 2.10. The van der Waals surface area contributed by atoms with Gasteiger partial charge in [0.2, 0.25) is 0 Å². The lowest BCUT2D eigenvalue weighted by Crippen LogP contribution is -2.08. The van der Waals surface area contributed by atoms with Gasteiger partial charge in [0.1, 0.15) is 17.4 Å². The van der Waals surface area contributed by atoms with Crippen molar-refractivity contribution in [3.63, 3.8) is 0 Å². The summed E-state index contributed by atoms with van der Waals surface area (Å²) in [7, 11) is 0. The number of ketones is 1. The topological polar surface area (TPSA) is 17.1 Å². The second-order valence-electron chi connectivity index (χ2n) is 4.26. The number of carbonyl (C=O) groups excluding carboxylic acids is 1. The van der Waals surface area contributed by atoms with Gasteiger partial charge in [-0.3, -0.25) is 4.79 Å². The molecule has 0 saturated heterocycles. The maximum Gasteiger partial charge on any atom is 0.141 e. The molecule has 0 bridgehead atoms. The van der Waals surface area contributed by atoms with Crippen molar-refractivity contribution in [2.24, 2.45) is 0 Å². The summed E-state index contributed by atoms with van der Waals surface area (Å²) >= 11 is 5.82. The van der Waals surface area contributed by atoms with Crippen LogP contribution in [-0.2, 0) is 17.6 Å². The number of rotatable bonds is 4. The molecule has 0 spiro atoms. The number of halogens is 3. The Morgan fingerprint density at radius 1 is 1.05 bits per heavy atom. The highest BCUT2D eigenvalue weighted by atomic mass is 35.5. The van der Waals surface area contributed by atoms with Crippen molar-refractivity contribution in [1.29, 1.82) is 0 Å². The minimum absolute atomic E-state index is 0.0569. The molecule has 0 heterocycles. The first kappa shape index (κ1) is 13.7. The fourth-order valence-corrected chi connectivity index (χ4v) is 2.03. The molecule has 0 radical (unpaired) electrons. The monoisotopic (exact) mass is 280 g/mol. The van der Waals surface area contributed by atoms with Crippen molar-refractivity contribution in [1.82, 2.24) is 0 Å². The van der Waals surface area contributed by atoms with E-state index in [2.05, 4.69) is 0 Å². The Morgan fingerprint density at radius 3 is 2.53 bits per heavy atom. The normalized spacial score (nSPS) is 10.5.